The van der Waals surface area contributed by atoms with Crippen LogP contribution in [-0.2, 0) is 4.79 Å². The predicted molar refractivity (Wildman–Crippen MR) is 86.3 cm³/mol. The van der Waals surface area contributed by atoms with Gasteiger partial charge in [-0.05, 0) is 12.1 Å². The van der Waals surface area contributed by atoms with Crippen LogP contribution in [-0.4, -0.2) is 46.2 Å². The average Bonchev–Trinajstić information content (AvgIpc) is 2.56. The van der Waals surface area contributed by atoms with Crippen LogP contribution in [0.15, 0.2) is 12.1 Å². The van der Waals surface area contributed by atoms with E-state index in [4.69, 9.17) is 14.2 Å². The smallest absolute Gasteiger partial charge is 0.251 e. The molecule has 0 aromatic heterocycles. The van der Waals surface area contributed by atoms with Gasteiger partial charge in [-0.2, -0.15) is 0 Å². The van der Waals surface area contributed by atoms with Crippen LogP contribution in [0.4, 0.5) is 0 Å². The standard InChI is InChI=1S/C16H24N2O5/c1-10(2)15(19)17-6-7-18-16(20)11-8-12(21-3)14(23-5)13(9-11)22-4/h8-10H,6-7H2,1-5H3,(H,17,19)(H,18,20). The summed E-state index contributed by atoms with van der Waals surface area (Å²) in [6, 6.07) is 3.15. The summed E-state index contributed by atoms with van der Waals surface area (Å²) in [7, 11) is 4.47. The Morgan fingerprint density at radius 3 is 1.91 bits per heavy atom. The molecule has 0 aliphatic carbocycles. The first-order valence-electron chi connectivity index (χ1n) is 7.30. The maximum absolute atomic E-state index is 12.2. The third-order valence-corrected chi connectivity index (χ3v) is 3.16. The summed E-state index contributed by atoms with van der Waals surface area (Å²) in [6.07, 6.45) is 0. The SMILES string of the molecule is COc1cc(C(=O)NCCNC(=O)C(C)C)cc(OC)c1OC. The van der Waals surface area contributed by atoms with Crippen molar-refractivity contribution in [1.29, 1.82) is 0 Å². The lowest BCUT2D eigenvalue weighted by molar-refractivity contribution is -0.123. The molecule has 2 N–H and O–H groups in total. The van der Waals surface area contributed by atoms with Gasteiger partial charge < -0.3 is 24.8 Å². The molecular weight excluding hydrogens is 300 g/mol. The van der Waals surface area contributed by atoms with Crippen molar-refractivity contribution in [2.24, 2.45) is 5.92 Å². The molecule has 7 nitrogen and oxygen atoms in total. The van der Waals surface area contributed by atoms with E-state index in [-0.39, 0.29) is 17.7 Å². The molecule has 0 spiro atoms. The largest absolute Gasteiger partial charge is 0.493 e. The fraction of sp³-hybridized carbons (Fsp3) is 0.500. The summed E-state index contributed by atoms with van der Waals surface area (Å²) in [5, 5.41) is 5.46. The molecule has 0 aliphatic heterocycles. The van der Waals surface area contributed by atoms with Crippen molar-refractivity contribution < 1.29 is 23.8 Å². The predicted octanol–water partition coefficient (Wildman–Crippen LogP) is 1.21. The van der Waals surface area contributed by atoms with Crippen molar-refractivity contribution in [2.45, 2.75) is 13.8 Å². The van der Waals surface area contributed by atoms with Gasteiger partial charge in [0.2, 0.25) is 11.7 Å². The molecule has 0 atom stereocenters. The Hall–Kier alpha value is -2.44. The normalized spacial score (nSPS) is 10.2. The highest BCUT2D eigenvalue weighted by atomic mass is 16.5. The van der Waals surface area contributed by atoms with Gasteiger partial charge in [0.05, 0.1) is 21.3 Å². The molecule has 1 rings (SSSR count). The number of methoxy groups -OCH3 is 3. The fourth-order valence-corrected chi connectivity index (χ4v) is 1.88. The van der Waals surface area contributed by atoms with E-state index in [9.17, 15) is 9.59 Å². The first-order valence-corrected chi connectivity index (χ1v) is 7.30. The van der Waals surface area contributed by atoms with E-state index < -0.39 is 0 Å². The monoisotopic (exact) mass is 324 g/mol. The maximum Gasteiger partial charge on any atom is 0.251 e. The number of rotatable bonds is 8. The van der Waals surface area contributed by atoms with Gasteiger partial charge in [-0.15, -0.1) is 0 Å². The lowest BCUT2D eigenvalue weighted by Crippen LogP contribution is -2.36. The molecule has 0 radical (unpaired) electrons. The minimum Gasteiger partial charge on any atom is -0.493 e. The van der Waals surface area contributed by atoms with Crippen LogP contribution in [0.1, 0.15) is 24.2 Å². The summed E-state index contributed by atoms with van der Waals surface area (Å²) in [6.45, 7) is 4.31. The van der Waals surface area contributed by atoms with Gasteiger partial charge in [0.15, 0.2) is 11.5 Å². The highest BCUT2D eigenvalue weighted by Crippen LogP contribution is 2.38. The maximum atomic E-state index is 12.2. The highest BCUT2D eigenvalue weighted by molar-refractivity contribution is 5.95. The van der Waals surface area contributed by atoms with Crippen LogP contribution in [0.3, 0.4) is 0 Å². The molecule has 2 amide bonds. The molecule has 1 aromatic rings. The van der Waals surface area contributed by atoms with Gasteiger partial charge in [-0.25, -0.2) is 0 Å². The fourth-order valence-electron chi connectivity index (χ4n) is 1.88. The molecule has 23 heavy (non-hydrogen) atoms. The van der Waals surface area contributed by atoms with Crippen molar-refractivity contribution in [2.75, 3.05) is 34.4 Å². The summed E-state index contributed by atoms with van der Waals surface area (Å²) in [4.78, 5) is 23.6. The van der Waals surface area contributed by atoms with Crippen LogP contribution in [0, 0.1) is 5.92 Å². The van der Waals surface area contributed by atoms with E-state index >= 15 is 0 Å². The van der Waals surface area contributed by atoms with Crippen molar-refractivity contribution in [3.05, 3.63) is 17.7 Å². The Labute approximate surface area is 136 Å². The van der Waals surface area contributed by atoms with Gasteiger partial charge >= 0.3 is 0 Å². The minimum atomic E-state index is -0.289. The molecule has 128 valence electrons. The van der Waals surface area contributed by atoms with Gasteiger partial charge in [0.1, 0.15) is 0 Å². The zero-order valence-corrected chi connectivity index (χ0v) is 14.2. The second kappa shape index (κ2) is 8.87. The summed E-state index contributed by atoms with van der Waals surface area (Å²) in [5.41, 5.74) is 0.384. The molecule has 0 aliphatic rings. The van der Waals surface area contributed by atoms with E-state index in [1.807, 2.05) is 13.8 Å². The van der Waals surface area contributed by atoms with Crippen molar-refractivity contribution in [3.8, 4) is 17.2 Å². The van der Waals surface area contributed by atoms with E-state index in [1.54, 1.807) is 12.1 Å². The molecular formula is C16H24N2O5. The first kappa shape index (κ1) is 18.6. The molecule has 1 aromatic carbocycles. The van der Waals surface area contributed by atoms with Gasteiger partial charge in [0, 0.05) is 24.6 Å². The molecule has 7 heteroatoms. The van der Waals surface area contributed by atoms with Crippen molar-refractivity contribution >= 4 is 11.8 Å². The lowest BCUT2D eigenvalue weighted by atomic mass is 10.1. The third kappa shape index (κ3) is 5.05. The second-order valence-corrected chi connectivity index (χ2v) is 5.12. The van der Waals surface area contributed by atoms with Gasteiger partial charge in [-0.3, -0.25) is 9.59 Å². The zero-order valence-electron chi connectivity index (χ0n) is 14.2. The zero-order chi connectivity index (χ0) is 17.4. The van der Waals surface area contributed by atoms with Crippen molar-refractivity contribution in [3.63, 3.8) is 0 Å². The van der Waals surface area contributed by atoms with Crippen LogP contribution in [0.5, 0.6) is 17.2 Å². The molecule has 0 saturated heterocycles. The topological polar surface area (TPSA) is 85.9 Å². The van der Waals surface area contributed by atoms with E-state index in [0.717, 1.165) is 0 Å². The number of amides is 2. The highest BCUT2D eigenvalue weighted by Gasteiger charge is 2.16. The number of ether oxygens (including phenoxy) is 3. The summed E-state index contributed by atoms with van der Waals surface area (Å²) < 4.78 is 15.6. The number of carbonyl (C=O) groups is 2. The average molecular weight is 324 g/mol. The Morgan fingerprint density at radius 1 is 0.957 bits per heavy atom. The lowest BCUT2D eigenvalue weighted by Gasteiger charge is -2.14. The van der Waals surface area contributed by atoms with Gasteiger partial charge in [0.25, 0.3) is 5.91 Å². The number of carbonyl (C=O) groups excluding carboxylic acids is 2. The Balaban J connectivity index is 2.71. The third-order valence-electron chi connectivity index (χ3n) is 3.16. The van der Waals surface area contributed by atoms with E-state index in [1.165, 1.54) is 21.3 Å². The second-order valence-electron chi connectivity index (χ2n) is 5.12. The van der Waals surface area contributed by atoms with E-state index in [2.05, 4.69) is 10.6 Å². The quantitative estimate of drug-likeness (QED) is 0.702. The van der Waals surface area contributed by atoms with E-state index in [0.29, 0.717) is 35.9 Å². The number of benzene rings is 1. The van der Waals surface area contributed by atoms with Crippen LogP contribution in [0.25, 0.3) is 0 Å². The van der Waals surface area contributed by atoms with Crippen molar-refractivity contribution in [1.82, 2.24) is 10.6 Å². The van der Waals surface area contributed by atoms with Crippen LogP contribution in [0.2, 0.25) is 0 Å². The minimum absolute atomic E-state index is 0.0490. The number of hydrogen-bond acceptors (Lipinski definition) is 5. The molecule has 0 fully saturated rings. The molecule has 0 unspecified atom stereocenters. The Bertz CT molecular complexity index is 532. The molecule has 0 saturated carbocycles. The molecule has 0 bridgehead atoms. The number of hydrogen-bond donors (Lipinski definition) is 2. The van der Waals surface area contributed by atoms with Crippen LogP contribution < -0.4 is 24.8 Å². The Kier molecular flexibility index (Phi) is 7.18. The first-order chi connectivity index (χ1) is 10.9. The summed E-state index contributed by atoms with van der Waals surface area (Å²) >= 11 is 0. The number of nitrogens with one attached hydrogen (secondary N) is 2. The van der Waals surface area contributed by atoms with Crippen LogP contribution >= 0.6 is 0 Å². The molecule has 0 heterocycles. The Morgan fingerprint density at radius 2 is 1.48 bits per heavy atom. The van der Waals surface area contributed by atoms with Gasteiger partial charge in [-0.1, -0.05) is 13.8 Å². The summed E-state index contributed by atoms with van der Waals surface area (Å²) in [5.74, 6) is 0.821.